The number of para-hydroxylation sites is 1. The largest absolute Gasteiger partial charge is 0.385 e. The molecule has 0 bridgehead atoms. The number of methoxy groups -OCH3 is 1. The van der Waals surface area contributed by atoms with Crippen molar-refractivity contribution in [2.45, 2.75) is 12.8 Å². The lowest BCUT2D eigenvalue weighted by Gasteiger charge is -2.08. The quantitative estimate of drug-likeness (QED) is 0.713. The third-order valence-corrected chi connectivity index (χ3v) is 2.72. The maximum Gasteiger partial charge on any atom is 0.221 e. The molecule has 1 aromatic carbocycles. The standard InChI is InChI=1S/C13H19ClN2O2/c1-18-10-4-8-16-13(17)7-9-15-12-6-3-2-5-11(12)14/h2-3,5-6,15H,4,7-10H2,1H3,(H,16,17). The van der Waals surface area contributed by atoms with Crippen molar-refractivity contribution < 1.29 is 9.53 Å². The topological polar surface area (TPSA) is 50.4 Å². The fraction of sp³-hybridized carbons (Fsp3) is 0.462. The summed E-state index contributed by atoms with van der Waals surface area (Å²) in [5, 5.41) is 6.62. The third kappa shape index (κ3) is 5.89. The van der Waals surface area contributed by atoms with E-state index < -0.39 is 0 Å². The van der Waals surface area contributed by atoms with Crippen LogP contribution in [0, 0.1) is 0 Å². The molecule has 0 spiro atoms. The Balaban J connectivity index is 2.14. The predicted molar refractivity (Wildman–Crippen MR) is 74.1 cm³/mol. The highest BCUT2D eigenvalue weighted by Gasteiger charge is 2.01. The molecule has 5 heteroatoms. The predicted octanol–water partition coefficient (Wildman–Crippen LogP) is 2.29. The molecule has 2 N–H and O–H groups in total. The lowest BCUT2D eigenvalue weighted by Crippen LogP contribution is -2.26. The van der Waals surface area contributed by atoms with Gasteiger partial charge in [0.05, 0.1) is 10.7 Å². The van der Waals surface area contributed by atoms with E-state index in [4.69, 9.17) is 16.3 Å². The van der Waals surface area contributed by atoms with E-state index in [1.54, 1.807) is 7.11 Å². The third-order valence-electron chi connectivity index (χ3n) is 2.39. The summed E-state index contributed by atoms with van der Waals surface area (Å²) in [4.78, 5) is 11.5. The van der Waals surface area contributed by atoms with Crippen LogP contribution in [0.1, 0.15) is 12.8 Å². The van der Waals surface area contributed by atoms with Gasteiger partial charge in [0.1, 0.15) is 0 Å². The van der Waals surface area contributed by atoms with Crippen molar-refractivity contribution in [2.75, 3.05) is 32.1 Å². The first-order chi connectivity index (χ1) is 8.74. The molecule has 1 aromatic rings. The van der Waals surface area contributed by atoms with Gasteiger partial charge >= 0.3 is 0 Å². The number of ether oxygens (including phenoxy) is 1. The van der Waals surface area contributed by atoms with Gasteiger partial charge in [0.25, 0.3) is 0 Å². The Morgan fingerprint density at radius 3 is 2.83 bits per heavy atom. The van der Waals surface area contributed by atoms with Gasteiger partial charge < -0.3 is 15.4 Å². The molecule has 1 amide bonds. The van der Waals surface area contributed by atoms with Gasteiger partial charge in [-0.3, -0.25) is 4.79 Å². The Labute approximate surface area is 113 Å². The van der Waals surface area contributed by atoms with Crippen LogP contribution in [0.15, 0.2) is 24.3 Å². The Morgan fingerprint density at radius 1 is 1.33 bits per heavy atom. The van der Waals surface area contributed by atoms with Crippen molar-refractivity contribution in [2.24, 2.45) is 0 Å². The zero-order valence-electron chi connectivity index (χ0n) is 10.5. The second-order valence-corrected chi connectivity index (χ2v) is 4.26. The number of carbonyl (C=O) groups excluding carboxylic acids is 1. The Bertz CT molecular complexity index is 372. The van der Waals surface area contributed by atoms with Gasteiger partial charge in [0.15, 0.2) is 0 Å². The minimum absolute atomic E-state index is 0.0330. The molecule has 0 aliphatic carbocycles. The summed E-state index contributed by atoms with van der Waals surface area (Å²) in [6.07, 6.45) is 1.26. The molecule has 0 aromatic heterocycles. The number of anilines is 1. The number of rotatable bonds is 8. The van der Waals surface area contributed by atoms with Crippen LogP contribution >= 0.6 is 11.6 Å². The molecule has 0 saturated heterocycles. The molecule has 0 unspecified atom stereocenters. The summed E-state index contributed by atoms with van der Waals surface area (Å²) in [7, 11) is 1.65. The van der Waals surface area contributed by atoms with Crippen LogP contribution in [0.5, 0.6) is 0 Å². The van der Waals surface area contributed by atoms with Crippen LogP contribution in [0.3, 0.4) is 0 Å². The summed E-state index contributed by atoms with van der Waals surface area (Å²) < 4.78 is 4.90. The number of halogens is 1. The molecule has 0 atom stereocenters. The fourth-order valence-electron chi connectivity index (χ4n) is 1.45. The van der Waals surface area contributed by atoms with Gasteiger partial charge in [-0.1, -0.05) is 23.7 Å². The highest BCUT2D eigenvalue weighted by Crippen LogP contribution is 2.19. The van der Waals surface area contributed by atoms with E-state index in [2.05, 4.69) is 10.6 Å². The molecule has 0 aliphatic rings. The fourth-order valence-corrected chi connectivity index (χ4v) is 1.65. The molecule has 0 radical (unpaired) electrons. The number of nitrogens with one attached hydrogen (secondary N) is 2. The Hall–Kier alpha value is -1.26. The van der Waals surface area contributed by atoms with Crippen molar-refractivity contribution >= 4 is 23.2 Å². The first kappa shape index (κ1) is 14.8. The van der Waals surface area contributed by atoms with Crippen molar-refractivity contribution in [3.63, 3.8) is 0 Å². The molecule has 0 saturated carbocycles. The summed E-state index contributed by atoms with van der Waals surface area (Å²) >= 11 is 5.98. The van der Waals surface area contributed by atoms with E-state index in [0.29, 0.717) is 31.1 Å². The SMILES string of the molecule is COCCCNC(=O)CCNc1ccccc1Cl. The summed E-state index contributed by atoms with van der Waals surface area (Å²) in [6, 6.07) is 7.47. The van der Waals surface area contributed by atoms with E-state index in [9.17, 15) is 4.79 Å². The van der Waals surface area contributed by atoms with E-state index in [1.165, 1.54) is 0 Å². The second kappa shape index (κ2) is 8.78. The normalized spacial score (nSPS) is 10.1. The molecule has 0 aliphatic heterocycles. The summed E-state index contributed by atoms with van der Waals surface area (Å²) in [5.41, 5.74) is 0.853. The van der Waals surface area contributed by atoms with E-state index >= 15 is 0 Å². The maximum atomic E-state index is 11.5. The number of carbonyl (C=O) groups is 1. The van der Waals surface area contributed by atoms with Crippen molar-refractivity contribution in [3.8, 4) is 0 Å². The second-order valence-electron chi connectivity index (χ2n) is 3.85. The zero-order chi connectivity index (χ0) is 13.2. The van der Waals surface area contributed by atoms with Crippen molar-refractivity contribution in [1.82, 2.24) is 5.32 Å². The van der Waals surface area contributed by atoms with Crippen LogP contribution in [-0.2, 0) is 9.53 Å². The van der Waals surface area contributed by atoms with Gasteiger partial charge in [0, 0.05) is 33.2 Å². The average molecular weight is 271 g/mol. The van der Waals surface area contributed by atoms with Crippen LogP contribution in [0.25, 0.3) is 0 Å². The number of benzene rings is 1. The summed E-state index contributed by atoms with van der Waals surface area (Å²) in [6.45, 7) is 1.89. The maximum absolute atomic E-state index is 11.5. The molecule has 1 rings (SSSR count). The zero-order valence-corrected chi connectivity index (χ0v) is 11.3. The lowest BCUT2D eigenvalue weighted by molar-refractivity contribution is -0.120. The molecule has 0 fully saturated rings. The summed E-state index contributed by atoms with van der Waals surface area (Å²) in [5.74, 6) is 0.0330. The molecular formula is C13H19ClN2O2. The van der Waals surface area contributed by atoms with Crippen molar-refractivity contribution in [1.29, 1.82) is 0 Å². The number of hydrogen-bond acceptors (Lipinski definition) is 3. The molecule has 4 nitrogen and oxygen atoms in total. The first-order valence-corrected chi connectivity index (χ1v) is 6.36. The van der Waals surface area contributed by atoms with Gasteiger partial charge in [-0.2, -0.15) is 0 Å². The van der Waals surface area contributed by atoms with Gasteiger partial charge in [-0.15, -0.1) is 0 Å². The molecule has 0 heterocycles. The smallest absolute Gasteiger partial charge is 0.221 e. The van der Waals surface area contributed by atoms with Crippen LogP contribution in [0.4, 0.5) is 5.69 Å². The molecule has 100 valence electrons. The Kier molecular flexibility index (Phi) is 7.22. The first-order valence-electron chi connectivity index (χ1n) is 5.98. The minimum Gasteiger partial charge on any atom is -0.385 e. The monoisotopic (exact) mass is 270 g/mol. The highest BCUT2D eigenvalue weighted by atomic mass is 35.5. The van der Waals surface area contributed by atoms with E-state index in [-0.39, 0.29) is 5.91 Å². The molecular weight excluding hydrogens is 252 g/mol. The van der Waals surface area contributed by atoms with Crippen LogP contribution in [0.2, 0.25) is 5.02 Å². The highest BCUT2D eigenvalue weighted by molar-refractivity contribution is 6.33. The van der Waals surface area contributed by atoms with E-state index in [0.717, 1.165) is 12.1 Å². The van der Waals surface area contributed by atoms with Crippen LogP contribution < -0.4 is 10.6 Å². The molecule has 18 heavy (non-hydrogen) atoms. The Morgan fingerprint density at radius 2 is 2.11 bits per heavy atom. The van der Waals surface area contributed by atoms with Crippen molar-refractivity contribution in [3.05, 3.63) is 29.3 Å². The number of amides is 1. The van der Waals surface area contributed by atoms with Gasteiger partial charge in [0.2, 0.25) is 5.91 Å². The minimum atomic E-state index is 0.0330. The van der Waals surface area contributed by atoms with Gasteiger partial charge in [-0.25, -0.2) is 0 Å². The van der Waals surface area contributed by atoms with E-state index in [1.807, 2.05) is 24.3 Å². The average Bonchev–Trinajstić information content (AvgIpc) is 2.37. The van der Waals surface area contributed by atoms with Gasteiger partial charge in [-0.05, 0) is 18.6 Å². The van der Waals surface area contributed by atoms with Crippen LogP contribution in [-0.4, -0.2) is 32.7 Å². The number of hydrogen-bond donors (Lipinski definition) is 2. The lowest BCUT2D eigenvalue weighted by atomic mass is 10.3.